The van der Waals surface area contributed by atoms with Crippen LogP contribution >= 0.6 is 11.3 Å². The highest BCUT2D eigenvalue weighted by Crippen LogP contribution is 2.35. The van der Waals surface area contributed by atoms with E-state index >= 15 is 0 Å². The van der Waals surface area contributed by atoms with Crippen LogP contribution in [0.15, 0.2) is 39.9 Å². The zero-order chi connectivity index (χ0) is 17.3. The van der Waals surface area contributed by atoms with Crippen LogP contribution in [0.25, 0.3) is 0 Å². The van der Waals surface area contributed by atoms with Crippen LogP contribution in [0.2, 0.25) is 0 Å². The Balaban J connectivity index is 2.24. The first-order valence-electron chi connectivity index (χ1n) is 6.27. The summed E-state index contributed by atoms with van der Waals surface area (Å²) < 4.78 is 61.5. The molecule has 10 heteroatoms. The third-order valence-electron chi connectivity index (χ3n) is 3.02. The second kappa shape index (κ2) is 6.48. The maximum absolute atomic E-state index is 13.0. The fourth-order valence-electron chi connectivity index (χ4n) is 1.91. The number of aliphatic hydroxyl groups excluding tert-OH is 1. The van der Waals surface area contributed by atoms with E-state index < -0.39 is 32.8 Å². The van der Waals surface area contributed by atoms with Crippen LogP contribution in [-0.4, -0.2) is 20.1 Å². The maximum Gasteiger partial charge on any atom is 0.417 e. The predicted octanol–water partition coefficient (Wildman–Crippen LogP) is 2.56. The standard InChI is InChI=1S/C13H13F3N2O3S2/c14-13(15,16)10-5-9(1-2-12(10)23(17,20)21)18-6-11(19)8-3-4-22-7-8/h1-5,7,11,18-19H,6H2,(H2,17,20,21). The molecule has 23 heavy (non-hydrogen) atoms. The van der Waals surface area contributed by atoms with Crippen molar-refractivity contribution in [2.75, 3.05) is 11.9 Å². The lowest BCUT2D eigenvalue weighted by Gasteiger charge is -2.15. The smallest absolute Gasteiger partial charge is 0.387 e. The van der Waals surface area contributed by atoms with Gasteiger partial charge in [-0.15, -0.1) is 0 Å². The lowest BCUT2D eigenvalue weighted by molar-refractivity contribution is -0.139. The molecule has 0 fully saturated rings. The molecule has 0 radical (unpaired) electrons. The molecule has 0 spiro atoms. The number of rotatable bonds is 5. The van der Waals surface area contributed by atoms with Gasteiger partial charge in [-0.3, -0.25) is 0 Å². The Labute approximate surface area is 134 Å². The van der Waals surface area contributed by atoms with Gasteiger partial charge >= 0.3 is 6.18 Å². The molecule has 1 aromatic heterocycles. The van der Waals surface area contributed by atoms with E-state index in [4.69, 9.17) is 5.14 Å². The highest BCUT2D eigenvalue weighted by molar-refractivity contribution is 7.89. The van der Waals surface area contributed by atoms with Crippen molar-refractivity contribution in [1.29, 1.82) is 0 Å². The number of halogens is 3. The SMILES string of the molecule is NS(=O)(=O)c1ccc(NCC(O)c2ccsc2)cc1C(F)(F)F. The molecule has 0 saturated heterocycles. The van der Waals surface area contributed by atoms with Crippen molar-refractivity contribution >= 4 is 27.0 Å². The van der Waals surface area contributed by atoms with E-state index in [0.29, 0.717) is 11.6 Å². The molecule has 0 aliphatic carbocycles. The summed E-state index contributed by atoms with van der Waals surface area (Å²) in [6, 6.07) is 4.30. The van der Waals surface area contributed by atoms with Crippen LogP contribution in [0, 0.1) is 0 Å². The number of hydrogen-bond acceptors (Lipinski definition) is 5. The fraction of sp³-hybridized carbons (Fsp3) is 0.231. The molecule has 2 rings (SSSR count). The molecule has 0 aliphatic heterocycles. The number of thiophene rings is 1. The summed E-state index contributed by atoms with van der Waals surface area (Å²) in [6.45, 7) is -0.0250. The summed E-state index contributed by atoms with van der Waals surface area (Å²) in [7, 11) is -4.50. The molecular formula is C13H13F3N2O3S2. The number of primary sulfonamides is 1. The zero-order valence-corrected chi connectivity index (χ0v) is 13.2. The quantitative estimate of drug-likeness (QED) is 0.758. The number of benzene rings is 1. The first-order chi connectivity index (χ1) is 10.6. The van der Waals surface area contributed by atoms with Crippen LogP contribution in [0.3, 0.4) is 0 Å². The third-order valence-corrected chi connectivity index (χ3v) is 4.69. The summed E-state index contributed by atoms with van der Waals surface area (Å²) in [4.78, 5) is -0.992. The van der Waals surface area contributed by atoms with Crippen LogP contribution in [0.5, 0.6) is 0 Å². The van der Waals surface area contributed by atoms with Gasteiger partial charge in [0.05, 0.1) is 16.6 Å². The average molecular weight is 366 g/mol. The van der Waals surface area contributed by atoms with Gasteiger partial charge in [-0.25, -0.2) is 13.6 Å². The molecule has 2 aromatic rings. The summed E-state index contributed by atoms with van der Waals surface area (Å²) >= 11 is 1.38. The lowest BCUT2D eigenvalue weighted by atomic mass is 10.1. The Morgan fingerprint density at radius 1 is 1.30 bits per heavy atom. The Morgan fingerprint density at radius 3 is 2.52 bits per heavy atom. The summed E-state index contributed by atoms with van der Waals surface area (Å²) in [5.41, 5.74) is -0.686. The Kier molecular flexibility index (Phi) is 4.99. The van der Waals surface area contributed by atoms with Gasteiger partial charge in [0.2, 0.25) is 10.0 Å². The van der Waals surface area contributed by atoms with Crippen LogP contribution in [0.4, 0.5) is 18.9 Å². The van der Waals surface area contributed by atoms with E-state index in [0.717, 1.165) is 12.1 Å². The summed E-state index contributed by atoms with van der Waals surface area (Å²) in [5, 5.41) is 20.8. The molecule has 1 atom stereocenters. The minimum absolute atomic E-state index is 0.0250. The summed E-state index contributed by atoms with van der Waals surface area (Å²) in [5.74, 6) is 0. The van der Waals surface area contributed by atoms with Crippen LogP contribution in [-0.2, 0) is 16.2 Å². The number of alkyl halides is 3. The molecule has 1 unspecified atom stereocenters. The second-order valence-corrected chi connectivity index (χ2v) is 7.02. The highest BCUT2D eigenvalue weighted by Gasteiger charge is 2.36. The van der Waals surface area contributed by atoms with E-state index in [1.807, 2.05) is 0 Å². The van der Waals surface area contributed by atoms with Gasteiger partial charge in [-0.2, -0.15) is 24.5 Å². The van der Waals surface area contributed by atoms with Crippen molar-refractivity contribution in [3.63, 3.8) is 0 Å². The van der Waals surface area contributed by atoms with Gasteiger partial charge in [0, 0.05) is 12.2 Å². The van der Waals surface area contributed by atoms with Crippen molar-refractivity contribution in [1.82, 2.24) is 0 Å². The van der Waals surface area contributed by atoms with Gasteiger partial charge in [-0.05, 0) is 40.6 Å². The fourth-order valence-corrected chi connectivity index (χ4v) is 3.35. The number of hydrogen-bond donors (Lipinski definition) is 3. The Hall–Kier alpha value is -1.62. The lowest BCUT2D eigenvalue weighted by Crippen LogP contribution is -2.19. The highest BCUT2D eigenvalue weighted by atomic mass is 32.2. The van der Waals surface area contributed by atoms with Gasteiger partial charge in [0.15, 0.2) is 0 Å². The molecule has 1 heterocycles. The topological polar surface area (TPSA) is 92.4 Å². The maximum atomic E-state index is 13.0. The number of nitrogens with one attached hydrogen (secondary N) is 1. The van der Waals surface area contributed by atoms with Crippen molar-refractivity contribution in [3.05, 3.63) is 46.2 Å². The van der Waals surface area contributed by atoms with Crippen molar-refractivity contribution in [3.8, 4) is 0 Å². The first-order valence-corrected chi connectivity index (χ1v) is 8.76. The molecule has 4 N–H and O–H groups in total. The number of sulfonamides is 1. The van der Waals surface area contributed by atoms with Crippen LogP contribution < -0.4 is 10.5 Å². The molecule has 1 aromatic carbocycles. The molecule has 5 nitrogen and oxygen atoms in total. The minimum Gasteiger partial charge on any atom is -0.387 e. The molecule has 0 bridgehead atoms. The molecule has 126 valence electrons. The predicted molar refractivity (Wildman–Crippen MR) is 80.6 cm³/mol. The van der Waals surface area contributed by atoms with E-state index in [-0.39, 0.29) is 12.2 Å². The number of anilines is 1. The van der Waals surface area contributed by atoms with Crippen LogP contribution in [0.1, 0.15) is 17.2 Å². The Morgan fingerprint density at radius 2 is 2.00 bits per heavy atom. The van der Waals surface area contributed by atoms with Gasteiger partial charge < -0.3 is 10.4 Å². The van der Waals surface area contributed by atoms with Crippen molar-refractivity contribution in [2.45, 2.75) is 17.2 Å². The van der Waals surface area contributed by atoms with Gasteiger partial charge in [0.1, 0.15) is 0 Å². The number of nitrogens with two attached hydrogens (primary N) is 1. The first kappa shape index (κ1) is 17.7. The largest absolute Gasteiger partial charge is 0.417 e. The van der Waals surface area contributed by atoms with E-state index in [9.17, 15) is 26.7 Å². The molecular weight excluding hydrogens is 353 g/mol. The van der Waals surface area contributed by atoms with Gasteiger partial charge in [-0.1, -0.05) is 0 Å². The second-order valence-electron chi connectivity index (χ2n) is 4.71. The van der Waals surface area contributed by atoms with Gasteiger partial charge in [0.25, 0.3) is 0 Å². The minimum atomic E-state index is -4.87. The molecule has 0 saturated carbocycles. The average Bonchev–Trinajstić information content (AvgIpc) is 2.96. The normalized spacial score (nSPS) is 13.8. The summed E-state index contributed by atoms with van der Waals surface area (Å²) in [6.07, 6.45) is -5.76. The van der Waals surface area contributed by atoms with E-state index in [1.165, 1.54) is 11.3 Å². The molecule has 0 amide bonds. The van der Waals surface area contributed by atoms with Crippen molar-refractivity contribution < 1.29 is 26.7 Å². The Bertz CT molecular complexity index is 774. The van der Waals surface area contributed by atoms with E-state index in [2.05, 4.69) is 5.32 Å². The third kappa shape index (κ3) is 4.44. The molecule has 0 aliphatic rings. The zero-order valence-electron chi connectivity index (χ0n) is 11.5. The van der Waals surface area contributed by atoms with E-state index in [1.54, 1.807) is 16.8 Å². The number of aliphatic hydroxyl groups is 1. The van der Waals surface area contributed by atoms with Crippen molar-refractivity contribution in [2.24, 2.45) is 5.14 Å². The monoisotopic (exact) mass is 366 g/mol.